The molecule has 1 heterocycles. The zero-order chi connectivity index (χ0) is 11.4. The zero-order valence-corrected chi connectivity index (χ0v) is 10.2. The fraction of sp³-hybridized carbons (Fsp3) is 0.250. The van der Waals surface area contributed by atoms with E-state index >= 15 is 0 Å². The standard InChI is InChI=1S/C12H11BrO3/c13-9-1-3-11(4-2-9)16-8-12-7-10(14)5-6-15-12/h1-4,7H,5-6,8H2. The average molecular weight is 283 g/mol. The van der Waals surface area contributed by atoms with Crippen molar-refractivity contribution in [3.8, 4) is 5.75 Å². The number of hydrogen-bond acceptors (Lipinski definition) is 3. The van der Waals surface area contributed by atoms with Crippen LogP contribution in [0.1, 0.15) is 6.42 Å². The topological polar surface area (TPSA) is 35.5 Å². The van der Waals surface area contributed by atoms with E-state index in [-0.39, 0.29) is 5.78 Å². The molecule has 84 valence electrons. The third-order valence-electron chi connectivity index (χ3n) is 2.15. The molecule has 0 aliphatic carbocycles. The van der Waals surface area contributed by atoms with Crippen molar-refractivity contribution in [2.75, 3.05) is 13.2 Å². The molecule has 0 amide bonds. The highest BCUT2D eigenvalue weighted by molar-refractivity contribution is 9.10. The second-order valence-corrected chi connectivity index (χ2v) is 4.33. The van der Waals surface area contributed by atoms with Crippen LogP contribution in [0.5, 0.6) is 5.75 Å². The van der Waals surface area contributed by atoms with Crippen LogP contribution in [0.2, 0.25) is 0 Å². The second kappa shape index (κ2) is 5.16. The number of benzene rings is 1. The molecule has 0 unspecified atom stereocenters. The summed E-state index contributed by atoms with van der Waals surface area (Å²) in [5.74, 6) is 1.45. The van der Waals surface area contributed by atoms with Crippen molar-refractivity contribution in [1.82, 2.24) is 0 Å². The van der Waals surface area contributed by atoms with Gasteiger partial charge in [0.25, 0.3) is 0 Å². The minimum atomic E-state index is 0.0978. The normalized spacial score (nSPS) is 15.3. The van der Waals surface area contributed by atoms with Gasteiger partial charge < -0.3 is 9.47 Å². The monoisotopic (exact) mass is 282 g/mol. The number of carbonyl (C=O) groups is 1. The molecule has 1 aromatic rings. The van der Waals surface area contributed by atoms with Gasteiger partial charge >= 0.3 is 0 Å². The van der Waals surface area contributed by atoms with Crippen molar-refractivity contribution >= 4 is 21.7 Å². The lowest BCUT2D eigenvalue weighted by molar-refractivity contribution is -0.116. The summed E-state index contributed by atoms with van der Waals surface area (Å²) in [6.07, 6.45) is 1.96. The van der Waals surface area contributed by atoms with Gasteiger partial charge in [0.05, 0.1) is 6.61 Å². The molecule has 0 aromatic heterocycles. The predicted molar refractivity (Wildman–Crippen MR) is 63.3 cm³/mol. The maximum Gasteiger partial charge on any atom is 0.162 e. The van der Waals surface area contributed by atoms with Crippen molar-refractivity contribution in [1.29, 1.82) is 0 Å². The van der Waals surface area contributed by atoms with E-state index in [1.54, 1.807) is 0 Å². The molecule has 0 atom stereocenters. The fourth-order valence-electron chi connectivity index (χ4n) is 1.34. The number of carbonyl (C=O) groups excluding carboxylic acids is 1. The highest BCUT2D eigenvalue weighted by Crippen LogP contribution is 2.17. The molecule has 0 fully saturated rings. The molecule has 16 heavy (non-hydrogen) atoms. The number of hydrogen-bond donors (Lipinski definition) is 0. The van der Waals surface area contributed by atoms with Gasteiger partial charge in [-0.25, -0.2) is 0 Å². The Bertz CT molecular complexity index is 409. The first-order valence-electron chi connectivity index (χ1n) is 4.98. The number of ether oxygens (including phenoxy) is 2. The van der Waals surface area contributed by atoms with Crippen LogP contribution < -0.4 is 4.74 Å². The van der Waals surface area contributed by atoms with Crippen molar-refractivity contribution in [3.63, 3.8) is 0 Å². The molecule has 1 aliphatic heterocycles. The molecule has 4 heteroatoms. The van der Waals surface area contributed by atoms with E-state index in [1.165, 1.54) is 6.08 Å². The summed E-state index contributed by atoms with van der Waals surface area (Å²) in [7, 11) is 0. The Morgan fingerprint density at radius 3 is 2.75 bits per heavy atom. The molecule has 2 rings (SSSR count). The molecule has 1 aliphatic rings. The van der Waals surface area contributed by atoms with Gasteiger partial charge in [0, 0.05) is 17.0 Å². The molecule has 3 nitrogen and oxygen atoms in total. The first kappa shape index (κ1) is 11.2. The van der Waals surface area contributed by atoms with E-state index in [2.05, 4.69) is 15.9 Å². The van der Waals surface area contributed by atoms with Crippen molar-refractivity contribution in [2.45, 2.75) is 6.42 Å². The van der Waals surface area contributed by atoms with Crippen LogP contribution in [0.15, 0.2) is 40.6 Å². The van der Waals surface area contributed by atoms with Crippen LogP contribution in [-0.4, -0.2) is 19.0 Å². The summed E-state index contributed by atoms with van der Waals surface area (Å²) >= 11 is 3.34. The lowest BCUT2D eigenvalue weighted by atomic mass is 10.2. The Morgan fingerprint density at radius 2 is 2.06 bits per heavy atom. The van der Waals surface area contributed by atoms with Crippen LogP contribution in [0, 0.1) is 0 Å². The summed E-state index contributed by atoms with van der Waals surface area (Å²) in [6, 6.07) is 7.51. The van der Waals surface area contributed by atoms with Crippen LogP contribution in [0.25, 0.3) is 0 Å². The molecular formula is C12H11BrO3. The van der Waals surface area contributed by atoms with E-state index in [0.717, 1.165) is 10.2 Å². The summed E-state index contributed by atoms with van der Waals surface area (Å²) in [4.78, 5) is 11.1. The summed E-state index contributed by atoms with van der Waals surface area (Å²) in [6.45, 7) is 0.752. The third-order valence-corrected chi connectivity index (χ3v) is 2.68. The third kappa shape index (κ3) is 3.10. The van der Waals surface area contributed by atoms with E-state index in [1.807, 2.05) is 24.3 Å². The maximum atomic E-state index is 11.1. The molecule has 0 spiro atoms. The van der Waals surface area contributed by atoms with Crippen LogP contribution in [0.3, 0.4) is 0 Å². The van der Waals surface area contributed by atoms with E-state index in [4.69, 9.17) is 9.47 Å². The van der Waals surface area contributed by atoms with Gasteiger partial charge in [-0.1, -0.05) is 15.9 Å². The summed E-state index contributed by atoms with van der Waals surface area (Å²) in [5.41, 5.74) is 0. The molecule has 1 aromatic carbocycles. The Balaban J connectivity index is 1.92. The number of allylic oxidation sites excluding steroid dienone is 1. The molecular weight excluding hydrogens is 272 g/mol. The zero-order valence-electron chi connectivity index (χ0n) is 8.61. The quantitative estimate of drug-likeness (QED) is 0.855. The predicted octanol–water partition coefficient (Wildman–Crippen LogP) is 2.70. The number of rotatable bonds is 3. The second-order valence-electron chi connectivity index (χ2n) is 3.42. The molecule has 0 saturated carbocycles. The average Bonchev–Trinajstić information content (AvgIpc) is 2.28. The van der Waals surface area contributed by atoms with Gasteiger partial charge in [0.15, 0.2) is 5.78 Å². The Labute approximate surface area is 102 Å². The van der Waals surface area contributed by atoms with Crippen LogP contribution in [0.4, 0.5) is 0 Å². The largest absolute Gasteiger partial charge is 0.494 e. The van der Waals surface area contributed by atoms with Gasteiger partial charge in [-0.05, 0) is 24.3 Å². The lowest BCUT2D eigenvalue weighted by Gasteiger charge is -2.14. The fourth-order valence-corrected chi connectivity index (χ4v) is 1.61. The maximum absolute atomic E-state index is 11.1. The Hall–Kier alpha value is -1.29. The minimum Gasteiger partial charge on any atom is -0.494 e. The summed E-state index contributed by atoms with van der Waals surface area (Å²) in [5, 5.41) is 0. The van der Waals surface area contributed by atoms with E-state index in [9.17, 15) is 4.79 Å². The van der Waals surface area contributed by atoms with Gasteiger partial charge in [-0.2, -0.15) is 0 Å². The van der Waals surface area contributed by atoms with E-state index in [0.29, 0.717) is 25.4 Å². The van der Waals surface area contributed by atoms with Crippen molar-refractivity contribution in [3.05, 3.63) is 40.6 Å². The minimum absolute atomic E-state index is 0.0978. The first-order valence-corrected chi connectivity index (χ1v) is 5.78. The van der Waals surface area contributed by atoms with Gasteiger partial charge in [-0.3, -0.25) is 4.79 Å². The number of halogens is 1. The highest BCUT2D eigenvalue weighted by Gasteiger charge is 2.11. The van der Waals surface area contributed by atoms with Crippen LogP contribution in [-0.2, 0) is 9.53 Å². The lowest BCUT2D eigenvalue weighted by Crippen LogP contribution is -2.14. The SMILES string of the molecule is O=C1C=C(COc2ccc(Br)cc2)OCC1. The Kier molecular flexibility index (Phi) is 3.62. The van der Waals surface area contributed by atoms with Gasteiger partial charge in [-0.15, -0.1) is 0 Å². The number of ketones is 1. The van der Waals surface area contributed by atoms with Crippen LogP contribution >= 0.6 is 15.9 Å². The van der Waals surface area contributed by atoms with Crippen molar-refractivity contribution < 1.29 is 14.3 Å². The van der Waals surface area contributed by atoms with Crippen molar-refractivity contribution in [2.24, 2.45) is 0 Å². The molecule has 0 saturated heterocycles. The summed E-state index contributed by atoms with van der Waals surface area (Å²) < 4.78 is 11.8. The Morgan fingerprint density at radius 1 is 1.31 bits per heavy atom. The van der Waals surface area contributed by atoms with Gasteiger partial charge in [0.1, 0.15) is 18.1 Å². The molecule has 0 N–H and O–H groups in total. The molecule has 0 bridgehead atoms. The van der Waals surface area contributed by atoms with E-state index < -0.39 is 0 Å². The highest BCUT2D eigenvalue weighted by atomic mass is 79.9. The first-order chi connectivity index (χ1) is 7.74. The molecule has 0 radical (unpaired) electrons. The smallest absolute Gasteiger partial charge is 0.162 e. The van der Waals surface area contributed by atoms with Gasteiger partial charge in [0.2, 0.25) is 0 Å².